The van der Waals surface area contributed by atoms with E-state index in [4.69, 9.17) is 4.74 Å². The number of hydrogen-bond donors (Lipinski definition) is 0. The highest BCUT2D eigenvalue weighted by atomic mass is 16.5. The van der Waals surface area contributed by atoms with Crippen LogP contribution in [0, 0.1) is 5.92 Å². The molecule has 0 aromatic rings. The van der Waals surface area contributed by atoms with Gasteiger partial charge >= 0.3 is 0 Å². The number of hydrogen-bond acceptors (Lipinski definition) is 2. The molecular weight excluding hydrogens is 162 g/mol. The third-order valence-corrected chi connectivity index (χ3v) is 4.11. The Bertz CT molecular complexity index is 191. The molecule has 2 saturated heterocycles. The van der Waals surface area contributed by atoms with Crippen molar-refractivity contribution >= 4 is 0 Å². The van der Waals surface area contributed by atoms with Gasteiger partial charge in [-0.3, -0.25) is 4.90 Å². The van der Waals surface area contributed by atoms with Crippen LogP contribution >= 0.6 is 0 Å². The SMILES string of the molecule is C1CC(N2CC[C@H]3OCC[C@@H]3C2)C1. The van der Waals surface area contributed by atoms with Crippen LogP contribution in [0.5, 0.6) is 0 Å². The summed E-state index contributed by atoms with van der Waals surface area (Å²) in [6, 6.07) is 0.946. The molecule has 1 aliphatic carbocycles. The van der Waals surface area contributed by atoms with Crippen LogP contribution in [0.3, 0.4) is 0 Å². The molecule has 2 heterocycles. The van der Waals surface area contributed by atoms with Gasteiger partial charge in [-0.2, -0.15) is 0 Å². The summed E-state index contributed by atoms with van der Waals surface area (Å²) in [7, 11) is 0. The first-order chi connectivity index (χ1) is 6.43. The summed E-state index contributed by atoms with van der Waals surface area (Å²) >= 11 is 0. The number of piperidine rings is 1. The highest BCUT2D eigenvalue weighted by Gasteiger charge is 2.37. The van der Waals surface area contributed by atoms with Crippen molar-refractivity contribution in [3.63, 3.8) is 0 Å². The fourth-order valence-electron chi connectivity index (χ4n) is 2.99. The van der Waals surface area contributed by atoms with E-state index in [2.05, 4.69) is 4.90 Å². The van der Waals surface area contributed by atoms with Crippen molar-refractivity contribution < 1.29 is 4.74 Å². The molecular formula is C11H19NO. The molecule has 3 fully saturated rings. The van der Waals surface area contributed by atoms with Gasteiger partial charge in [-0.05, 0) is 25.7 Å². The Hall–Kier alpha value is -0.0800. The number of fused-ring (bicyclic) bond motifs is 1. The van der Waals surface area contributed by atoms with Crippen LogP contribution in [0.1, 0.15) is 32.1 Å². The molecule has 0 amide bonds. The normalized spacial score (nSPS) is 41.5. The van der Waals surface area contributed by atoms with E-state index in [1.807, 2.05) is 0 Å². The van der Waals surface area contributed by atoms with Crippen LogP contribution in [0.25, 0.3) is 0 Å². The van der Waals surface area contributed by atoms with E-state index >= 15 is 0 Å². The zero-order valence-electron chi connectivity index (χ0n) is 8.24. The molecule has 0 N–H and O–H groups in total. The van der Waals surface area contributed by atoms with Crippen LogP contribution in [0.15, 0.2) is 0 Å². The first kappa shape index (κ1) is 8.25. The zero-order chi connectivity index (χ0) is 8.67. The molecule has 0 aromatic carbocycles. The fraction of sp³-hybridized carbons (Fsp3) is 1.00. The molecule has 1 saturated carbocycles. The van der Waals surface area contributed by atoms with Gasteiger partial charge in [0, 0.05) is 31.7 Å². The summed E-state index contributed by atoms with van der Waals surface area (Å²) in [5, 5.41) is 0. The Morgan fingerprint density at radius 2 is 2.00 bits per heavy atom. The van der Waals surface area contributed by atoms with Crippen LogP contribution in [0.4, 0.5) is 0 Å². The van der Waals surface area contributed by atoms with Crippen molar-refractivity contribution in [1.82, 2.24) is 4.90 Å². The van der Waals surface area contributed by atoms with E-state index in [1.54, 1.807) is 0 Å². The lowest BCUT2D eigenvalue weighted by atomic mass is 9.86. The smallest absolute Gasteiger partial charge is 0.0628 e. The molecule has 2 aliphatic heterocycles. The summed E-state index contributed by atoms with van der Waals surface area (Å²) in [4.78, 5) is 2.72. The molecule has 0 spiro atoms. The summed E-state index contributed by atoms with van der Waals surface area (Å²) in [5.74, 6) is 0.870. The molecule has 74 valence electrons. The van der Waals surface area contributed by atoms with Crippen molar-refractivity contribution in [1.29, 1.82) is 0 Å². The van der Waals surface area contributed by atoms with E-state index in [0.717, 1.165) is 18.6 Å². The number of likely N-dealkylation sites (tertiary alicyclic amines) is 1. The van der Waals surface area contributed by atoms with Crippen molar-refractivity contribution in [2.45, 2.75) is 44.2 Å². The van der Waals surface area contributed by atoms with Crippen molar-refractivity contribution in [2.75, 3.05) is 19.7 Å². The molecule has 0 aromatic heterocycles. The maximum atomic E-state index is 5.71. The quantitative estimate of drug-likeness (QED) is 0.610. The Labute approximate surface area is 80.2 Å². The highest BCUT2D eigenvalue weighted by Crippen LogP contribution is 2.33. The maximum absolute atomic E-state index is 5.71. The van der Waals surface area contributed by atoms with Gasteiger partial charge in [-0.1, -0.05) is 6.42 Å². The summed E-state index contributed by atoms with van der Waals surface area (Å²) in [5.41, 5.74) is 0. The van der Waals surface area contributed by atoms with E-state index in [9.17, 15) is 0 Å². The van der Waals surface area contributed by atoms with Crippen LogP contribution in [-0.4, -0.2) is 36.7 Å². The summed E-state index contributed by atoms with van der Waals surface area (Å²) < 4.78 is 5.71. The monoisotopic (exact) mass is 181 g/mol. The minimum absolute atomic E-state index is 0.622. The third-order valence-electron chi connectivity index (χ3n) is 4.11. The summed E-state index contributed by atoms with van der Waals surface area (Å²) in [6.45, 7) is 3.65. The second-order valence-corrected chi connectivity index (χ2v) is 4.83. The number of ether oxygens (including phenoxy) is 1. The van der Waals surface area contributed by atoms with Gasteiger partial charge in [0.05, 0.1) is 6.10 Å². The maximum Gasteiger partial charge on any atom is 0.0628 e. The first-order valence-corrected chi connectivity index (χ1v) is 5.79. The lowest BCUT2D eigenvalue weighted by molar-refractivity contribution is 0.00585. The molecule has 3 rings (SSSR count). The van der Waals surface area contributed by atoms with E-state index < -0.39 is 0 Å². The van der Waals surface area contributed by atoms with Crippen LogP contribution < -0.4 is 0 Å². The Kier molecular flexibility index (Phi) is 2.06. The lowest BCUT2D eigenvalue weighted by Gasteiger charge is -2.43. The predicted octanol–water partition coefficient (Wildman–Crippen LogP) is 1.65. The standard InChI is InChI=1S/C11H19NO/c1-2-10(3-1)12-6-4-11-9(8-12)5-7-13-11/h9-11H,1-8H2/t9-,11-/m1/s1. The molecule has 13 heavy (non-hydrogen) atoms. The minimum atomic E-state index is 0.622. The molecule has 2 heteroatoms. The Morgan fingerprint density at radius 1 is 1.08 bits per heavy atom. The average Bonchev–Trinajstić information content (AvgIpc) is 2.47. The molecule has 0 bridgehead atoms. The molecule has 2 nitrogen and oxygen atoms in total. The van der Waals surface area contributed by atoms with E-state index in [0.29, 0.717) is 6.10 Å². The van der Waals surface area contributed by atoms with E-state index in [1.165, 1.54) is 45.2 Å². The molecule has 3 aliphatic rings. The zero-order valence-corrected chi connectivity index (χ0v) is 8.24. The largest absolute Gasteiger partial charge is 0.378 e. The number of nitrogens with zero attached hydrogens (tertiary/aromatic N) is 1. The minimum Gasteiger partial charge on any atom is -0.378 e. The van der Waals surface area contributed by atoms with Crippen molar-refractivity contribution in [3.8, 4) is 0 Å². The fourth-order valence-corrected chi connectivity index (χ4v) is 2.99. The second-order valence-electron chi connectivity index (χ2n) is 4.83. The topological polar surface area (TPSA) is 12.5 Å². The first-order valence-electron chi connectivity index (χ1n) is 5.79. The van der Waals surface area contributed by atoms with Gasteiger partial charge in [0.2, 0.25) is 0 Å². The third kappa shape index (κ3) is 1.40. The van der Waals surface area contributed by atoms with Crippen LogP contribution in [0.2, 0.25) is 0 Å². The van der Waals surface area contributed by atoms with Gasteiger partial charge in [-0.25, -0.2) is 0 Å². The molecule has 0 radical (unpaired) electrons. The molecule has 0 unspecified atom stereocenters. The predicted molar refractivity (Wildman–Crippen MR) is 51.7 cm³/mol. The Morgan fingerprint density at radius 3 is 2.77 bits per heavy atom. The van der Waals surface area contributed by atoms with Gasteiger partial charge in [0.25, 0.3) is 0 Å². The lowest BCUT2D eigenvalue weighted by Crippen LogP contribution is -2.48. The summed E-state index contributed by atoms with van der Waals surface area (Å²) in [6.07, 6.45) is 7.61. The van der Waals surface area contributed by atoms with E-state index in [-0.39, 0.29) is 0 Å². The van der Waals surface area contributed by atoms with Gasteiger partial charge in [0.1, 0.15) is 0 Å². The molecule has 2 atom stereocenters. The second kappa shape index (κ2) is 3.25. The van der Waals surface area contributed by atoms with Gasteiger partial charge in [0.15, 0.2) is 0 Å². The van der Waals surface area contributed by atoms with Gasteiger partial charge < -0.3 is 4.74 Å². The van der Waals surface area contributed by atoms with Crippen molar-refractivity contribution in [2.24, 2.45) is 5.92 Å². The highest BCUT2D eigenvalue weighted by molar-refractivity contribution is 4.89. The van der Waals surface area contributed by atoms with Gasteiger partial charge in [-0.15, -0.1) is 0 Å². The number of rotatable bonds is 1. The van der Waals surface area contributed by atoms with Crippen molar-refractivity contribution in [3.05, 3.63) is 0 Å². The Balaban J connectivity index is 1.60. The average molecular weight is 181 g/mol. The van der Waals surface area contributed by atoms with Crippen LogP contribution in [-0.2, 0) is 4.74 Å².